The standard InChI is InChI=1S/C13H17BrN2O3/c1-8-3-4-9(13(18)19)6-16(8)12(17)11-5-10(14)7-15(11)2/h5,7-9H,3-4,6H2,1-2H3,(H,18,19). The van der Waals surface area contributed by atoms with Gasteiger partial charge in [-0.25, -0.2) is 0 Å². The normalized spacial score (nSPS) is 23.4. The average Bonchev–Trinajstić information content (AvgIpc) is 2.68. The van der Waals surface area contributed by atoms with Crippen LogP contribution < -0.4 is 0 Å². The van der Waals surface area contributed by atoms with E-state index in [9.17, 15) is 9.59 Å². The first-order chi connectivity index (χ1) is 8.90. The number of piperidine rings is 1. The van der Waals surface area contributed by atoms with Gasteiger partial charge in [-0.05, 0) is 41.8 Å². The second-order valence-electron chi connectivity index (χ2n) is 5.07. The van der Waals surface area contributed by atoms with Gasteiger partial charge in [0, 0.05) is 30.3 Å². The molecule has 0 radical (unpaired) electrons. The van der Waals surface area contributed by atoms with Crippen molar-refractivity contribution >= 4 is 27.8 Å². The lowest BCUT2D eigenvalue weighted by Gasteiger charge is -2.36. The lowest BCUT2D eigenvalue weighted by molar-refractivity contribution is -0.143. The van der Waals surface area contributed by atoms with E-state index in [4.69, 9.17) is 5.11 Å². The zero-order valence-corrected chi connectivity index (χ0v) is 12.6. The van der Waals surface area contributed by atoms with E-state index in [0.717, 1.165) is 10.9 Å². The third-order valence-electron chi connectivity index (χ3n) is 3.68. The lowest BCUT2D eigenvalue weighted by atomic mass is 9.93. The Labute approximate surface area is 120 Å². The molecular weight excluding hydrogens is 312 g/mol. The van der Waals surface area contributed by atoms with Gasteiger partial charge in [0.25, 0.3) is 5.91 Å². The maximum atomic E-state index is 12.5. The predicted octanol–water partition coefficient (Wildman–Crippen LogP) is 2.11. The number of carboxylic acids is 1. The van der Waals surface area contributed by atoms with Gasteiger partial charge in [-0.2, -0.15) is 0 Å². The molecule has 5 nitrogen and oxygen atoms in total. The number of likely N-dealkylation sites (tertiary alicyclic amines) is 1. The van der Waals surface area contributed by atoms with Crippen molar-refractivity contribution in [2.45, 2.75) is 25.8 Å². The minimum atomic E-state index is -0.822. The number of aromatic nitrogens is 1. The summed E-state index contributed by atoms with van der Waals surface area (Å²) >= 11 is 3.34. The molecule has 1 aliphatic rings. The Bertz CT molecular complexity index is 512. The maximum Gasteiger partial charge on any atom is 0.308 e. The molecule has 0 spiro atoms. The minimum absolute atomic E-state index is 0.0803. The summed E-state index contributed by atoms with van der Waals surface area (Å²) in [6, 6.07) is 1.84. The second-order valence-corrected chi connectivity index (χ2v) is 5.99. The van der Waals surface area contributed by atoms with E-state index in [1.54, 1.807) is 22.6 Å². The first-order valence-corrected chi connectivity index (χ1v) is 7.05. The van der Waals surface area contributed by atoms with Crippen LogP contribution in [0.25, 0.3) is 0 Å². The average molecular weight is 329 g/mol. The first kappa shape index (κ1) is 14.1. The first-order valence-electron chi connectivity index (χ1n) is 6.25. The monoisotopic (exact) mass is 328 g/mol. The van der Waals surface area contributed by atoms with Crippen LogP contribution in [0.1, 0.15) is 30.3 Å². The minimum Gasteiger partial charge on any atom is -0.481 e. The van der Waals surface area contributed by atoms with Crippen molar-refractivity contribution in [3.63, 3.8) is 0 Å². The van der Waals surface area contributed by atoms with Crippen LogP contribution in [-0.4, -0.2) is 39.0 Å². The molecule has 0 saturated carbocycles. The highest BCUT2D eigenvalue weighted by molar-refractivity contribution is 9.10. The van der Waals surface area contributed by atoms with Crippen molar-refractivity contribution in [1.29, 1.82) is 0 Å². The van der Waals surface area contributed by atoms with Gasteiger partial charge in [-0.3, -0.25) is 9.59 Å². The highest BCUT2D eigenvalue weighted by Gasteiger charge is 2.33. The molecule has 1 fully saturated rings. The molecule has 2 unspecified atom stereocenters. The van der Waals surface area contributed by atoms with Crippen LogP contribution in [0.4, 0.5) is 0 Å². The molecule has 1 aliphatic heterocycles. The van der Waals surface area contributed by atoms with E-state index in [1.807, 2.05) is 13.1 Å². The number of nitrogens with zero attached hydrogens (tertiary/aromatic N) is 2. The summed E-state index contributed by atoms with van der Waals surface area (Å²) in [4.78, 5) is 25.3. The molecule has 1 saturated heterocycles. The van der Waals surface area contributed by atoms with E-state index in [-0.39, 0.29) is 18.5 Å². The smallest absolute Gasteiger partial charge is 0.308 e. The molecule has 104 valence electrons. The second kappa shape index (κ2) is 5.36. The van der Waals surface area contributed by atoms with Crippen LogP contribution in [0.2, 0.25) is 0 Å². The van der Waals surface area contributed by atoms with Gasteiger partial charge in [0.1, 0.15) is 5.69 Å². The van der Waals surface area contributed by atoms with Crippen LogP contribution in [0.5, 0.6) is 0 Å². The number of hydrogen-bond donors (Lipinski definition) is 1. The fourth-order valence-electron chi connectivity index (χ4n) is 2.48. The van der Waals surface area contributed by atoms with E-state index in [2.05, 4.69) is 15.9 Å². The fraction of sp³-hybridized carbons (Fsp3) is 0.538. The third-order valence-corrected chi connectivity index (χ3v) is 4.12. The zero-order valence-electron chi connectivity index (χ0n) is 11.0. The van der Waals surface area contributed by atoms with Gasteiger partial charge in [0.2, 0.25) is 0 Å². The van der Waals surface area contributed by atoms with Gasteiger partial charge >= 0.3 is 5.97 Å². The number of carbonyl (C=O) groups is 2. The third kappa shape index (κ3) is 2.83. The predicted molar refractivity (Wildman–Crippen MR) is 74.0 cm³/mol. The summed E-state index contributed by atoms with van der Waals surface area (Å²) in [6.45, 7) is 2.26. The Morgan fingerprint density at radius 2 is 2.11 bits per heavy atom. The largest absolute Gasteiger partial charge is 0.481 e. The number of amides is 1. The van der Waals surface area contributed by atoms with Gasteiger partial charge in [0.15, 0.2) is 0 Å². The molecular formula is C13H17BrN2O3. The van der Waals surface area contributed by atoms with Crippen molar-refractivity contribution < 1.29 is 14.7 Å². The van der Waals surface area contributed by atoms with Crippen LogP contribution in [-0.2, 0) is 11.8 Å². The molecule has 6 heteroatoms. The lowest BCUT2D eigenvalue weighted by Crippen LogP contribution is -2.47. The van der Waals surface area contributed by atoms with E-state index in [0.29, 0.717) is 12.1 Å². The summed E-state index contributed by atoms with van der Waals surface area (Å²) in [5.74, 6) is -1.38. The summed E-state index contributed by atoms with van der Waals surface area (Å²) in [5.41, 5.74) is 0.574. The summed E-state index contributed by atoms with van der Waals surface area (Å²) in [5, 5.41) is 9.10. The molecule has 2 heterocycles. The van der Waals surface area contributed by atoms with Crippen LogP contribution in [0.3, 0.4) is 0 Å². The summed E-state index contributed by atoms with van der Waals surface area (Å²) in [6.07, 6.45) is 3.18. The Morgan fingerprint density at radius 3 is 2.63 bits per heavy atom. The van der Waals surface area contributed by atoms with Crippen molar-refractivity contribution in [2.75, 3.05) is 6.54 Å². The highest BCUT2D eigenvalue weighted by Crippen LogP contribution is 2.25. The van der Waals surface area contributed by atoms with Crippen molar-refractivity contribution in [2.24, 2.45) is 13.0 Å². The number of aryl methyl sites for hydroxylation is 1. The number of hydrogen-bond acceptors (Lipinski definition) is 2. The van der Waals surface area contributed by atoms with Crippen LogP contribution >= 0.6 is 15.9 Å². The van der Waals surface area contributed by atoms with E-state index < -0.39 is 11.9 Å². The molecule has 1 amide bonds. The Kier molecular flexibility index (Phi) is 3.99. The fourth-order valence-corrected chi connectivity index (χ4v) is 3.00. The molecule has 1 N–H and O–H groups in total. The Morgan fingerprint density at radius 1 is 1.42 bits per heavy atom. The van der Waals surface area contributed by atoms with E-state index in [1.165, 1.54) is 0 Å². The molecule has 1 aromatic heterocycles. The molecule has 0 aromatic carbocycles. The summed E-state index contributed by atoms with van der Waals surface area (Å²) < 4.78 is 2.60. The van der Waals surface area contributed by atoms with Gasteiger partial charge in [-0.15, -0.1) is 0 Å². The number of carboxylic acid groups (broad SMARTS) is 1. The number of carbonyl (C=O) groups excluding carboxylic acids is 1. The number of rotatable bonds is 2. The SMILES string of the molecule is CC1CCC(C(=O)O)CN1C(=O)c1cc(Br)cn1C. The van der Waals surface area contributed by atoms with Gasteiger partial charge < -0.3 is 14.6 Å². The molecule has 19 heavy (non-hydrogen) atoms. The zero-order chi connectivity index (χ0) is 14.2. The Hall–Kier alpha value is -1.30. The quantitative estimate of drug-likeness (QED) is 0.904. The molecule has 2 atom stereocenters. The number of halogens is 1. The van der Waals surface area contributed by atoms with Crippen molar-refractivity contribution in [1.82, 2.24) is 9.47 Å². The van der Waals surface area contributed by atoms with Crippen molar-refractivity contribution in [3.8, 4) is 0 Å². The van der Waals surface area contributed by atoms with Gasteiger partial charge in [-0.1, -0.05) is 0 Å². The molecule has 0 bridgehead atoms. The summed E-state index contributed by atoms with van der Waals surface area (Å²) in [7, 11) is 1.81. The maximum absolute atomic E-state index is 12.5. The van der Waals surface area contributed by atoms with Crippen molar-refractivity contribution in [3.05, 3.63) is 22.4 Å². The Balaban J connectivity index is 2.21. The molecule has 2 rings (SSSR count). The van der Waals surface area contributed by atoms with Crippen LogP contribution in [0.15, 0.2) is 16.7 Å². The topological polar surface area (TPSA) is 62.5 Å². The van der Waals surface area contributed by atoms with Gasteiger partial charge in [0.05, 0.1) is 5.92 Å². The van der Waals surface area contributed by atoms with Crippen LogP contribution in [0, 0.1) is 5.92 Å². The molecule has 1 aromatic rings. The highest BCUT2D eigenvalue weighted by atomic mass is 79.9. The molecule has 0 aliphatic carbocycles. The number of aliphatic carboxylic acids is 1. The van der Waals surface area contributed by atoms with E-state index >= 15 is 0 Å².